The van der Waals surface area contributed by atoms with Gasteiger partial charge in [0.25, 0.3) is 0 Å². The molecular weight excluding hydrogens is 442 g/mol. The average molecular weight is 477 g/mol. The van der Waals surface area contributed by atoms with Gasteiger partial charge < -0.3 is 24.8 Å². The zero-order chi connectivity index (χ0) is 16.6. The second-order valence-corrected chi connectivity index (χ2v) is 10.5. The molecule has 4 heteroatoms. The van der Waals surface area contributed by atoms with Crippen molar-refractivity contribution in [2.24, 2.45) is 10.8 Å². The SMILES string of the molecule is C1C[SiH2]C1.CC(C)(C)C1=CC[C-]=C1.CC(C)(C)C1=CC[C-]=C1.[Cl-].[Cl-].[Zr+4]. The first-order chi connectivity index (χ1) is 10.2. The van der Waals surface area contributed by atoms with Gasteiger partial charge in [0, 0.05) is 9.52 Å². The molecular formula is C21H34Cl2SiZr. The van der Waals surface area contributed by atoms with Gasteiger partial charge in [0.15, 0.2) is 0 Å². The largest absolute Gasteiger partial charge is 4.00 e. The third-order valence-electron chi connectivity index (χ3n) is 4.13. The van der Waals surface area contributed by atoms with Crippen LogP contribution in [0.4, 0.5) is 0 Å². The zero-order valence-corrected chi connectivity index (χ0v) is 22.2. The van der Waals surface area contributed by atoms with Crippen LogP contribution in [0, 0.1) is 23.0 Å². The molecule has 2 aliphatic carbocycles. The van der Waals surface area contributed by atoms with Gasteiger partial charge in [-0.05, 0) is 0 Å². The van der Waals surface area contributed by atoms with Gasteiger partial charge in [-0.15, -0.1) is 12.8 Å². The summed E-state index contributed by atoms with van der Waals surface area (Å²) >= 11 is 0. The Morgan fingerprint density at radius 3 is 1.12 bits per heavy atom. The first-order valence-electron chi connectivity index (χ1n) is 8.76. The molecule has 0 unspecified atom stereocenters. The van der Waals surface area contributed by atoms with E-state index >= 15 is 0 Å². The van der Waals surface area contributed by atoms with E-state index in [1.54, 1.807) is 18.5 Å². The van der Waals surface area contributed by atoms with Gasteiger partial charge >= 0.3 is 26.2 Å². The Hall–Kier alpha value is 0.640. The maximum absolute atomic E-state index is 3.16. The minimum absolute atomic E-state index is 0. The van der Waals surface area contributed by atoms with E-state index in [1.165, 1.54) is 11.1 Å². The molecule has 1 heterocycles. The van der Waals surface area contributed by atoms with Gasteiger partial charge in [0.2, 0.25) is 0 Å². The van der Waals surface area contributed by atoms with Crippen LogP contribution >= 0.6 is 0 Å². The fraction of sp³-hybridized carbons (Fsp3) is 0.619. The summed E-state index contributed by atoms with van der Waals surface area (Å²) in [5.74, 6) is 0. The van der Waals surface area contributed by atoms with Gasteiger partial charge in [-0.3, -0.25) is 12.2 Å². The third kappa shape index (κ3) is 13.5. The maximum atomic E-state index is 3.16. The summed E-state index contributed by atoms with van der Waals surface area (Å²) in [5.41, 5.74) is 3.48. The van der Waals surface area contributed by atoms with E-state index in [0.717, 1.165) is 12.8 Å². The van der Waals surface area contributed by atoms with E-state index in [2.05, 4.69) is 78.0 Å². The van der Waals surface area contributed by atoms with Crippen LogP contribution in [0.25, 0.3) is 0 Å². The van der Waals surface area contributed by atoms with Crippen molar-refractivity contribution in [3.8, 4) is 0 Å². The Kier molecular flexibility index (Phi) is 17.8. The van der Waals surface area contributed by atoms with Gasteiger partial charge in [0.1, 0.15) is 0 Å². The Morgan fingerprint density at radius 1 is 0.760 bits per heavy atom. The van der Waals surface area contributed by atoms with E-state index in [0.29, 0.717) is 20.3 Å². The van der Waals surface area contributed by atoms with Crippen molar-refractivity contribution in [1.82, 2.24) is 0 Å². The van der Waals surface area contributed by atoms with E-state index in [1.807, 2.05) is 0 Å². The second-order valence-electron chi connectivity index (χ2n) is 8.34. The molecule has 1 saturated heterocycles. The molecule has 0 amide bonds. The molecule has 0 N–H and O–H groups in total. The van der Waals surface area contributed by atoms with Crippen molar-refractivity contribution < 1.29 is 51.0 Å². The summed E-state index contributed by atoms with van der Waals surface area (Å²) in [6.07, 6.45) is 18.6. The monoisotopic (exact) mass is 474 g/mol. The van der Waals surface area contributed by atoms with E-state index in [9.17, 15) is 0 Å². The van der Waals surface area contributed by atoms with Crippen molar-refractivity contribution in [1.29, 1.82) is 0 Å². The van der Waals surface area contributed by atoms with Gasteiger partial charge in [-0.1, -0.05) is 70.9 Å². The fourth-order valence-corrected chi connectivity index (χ4v) is 2.59. The standard InChI is InChI=1S/2C9H13.C3H8Si.2ClH.Zr/c2*1-9(2,3)8-6-4-5-7-8;1-2-4-3-1;;;/h2*6-7H,4H2,1-3H3;1-4H2;2*1H;/q2*-1;;;;+4/p-2. The number of allylic oxidation sites excluding steroid dienone is 8. The van der Waals surface area contributed by atoms with Crippen LogP contribution in [-0.4, -0.2) is 9.52 Å². The first kappa shape index (κ1) is 30.4. The van der Waals surface area contributed by atoms with Gasteiger partial charge in [0.05, 0.1) is 0 Å². The summed E-state index contributed by atoms with van der Waals surface area (Å²) < 4.78 is 0. The minimum atomic E-state index is 0. The average Bonchev–Trinajstić information content (AvgIpc) is 3.00. The molecule has 1 fully saturated rings. The molecule has 25 heavy (non-hydrogen) atoms. The summed E-state index contributed by atoms with van der Waals surface area (Å²) in [7, 11) is 0.605. The van der Waals surface area contributed by atoms with Crippen LogP contribution in [0.1, 0.15) is 60.8 Å². The topological polar surface area (TPSA) is 0 Å². The molecule has 0 atom stereocenters. The van der Waals surface area contributed by atoms with E-state index in [-0.39, 0.29) is 51.0 Å². The van der Waals surface area contributed by atoms with E-state index < -0.39 is 0 Å². The molecule has 3 aliphatic rings. The third-order valence-corrected chi connectivity index (χ3v) is 6.13. The number of hydrogen-bond acceptors (Lipinski definition) is 0. The van der Waals surface area contributed by atoms with E-state index in [4.69, 9.17) is 0 Å². The summed E-state index contributed by atoms with van der Waals surface area (Å²) in [6.45, 7) is 13.3. The molecule has 0 radical (unpaired) electrons. The molecule has 140 valence electrons. The van der Waals surface area contributed by atoms with Crippen LogP contribution < -0.4 is 24.8 Å². The van der Waals surface area contributed by atoms with Crippen molar-refractivity contribution in [3.63, 3.8) is 0 Å². The predicted molar refractivity (Wildman–Crippen MR) is 103 cm³/mol. The smallest absolute Gasteiger partial charge is 1.00 e. The molecule has 0 saturated carbocycles. The summed E-state index contributed by atoms with van der Waals surface area (Å²) in [6, 6.07) is 3.28. The molecule has 0 nitrogen and oxygen atoms in total. The van der Waals surface area contributed by atoms with Crippen LogP contribution in [0.5, 0.6) is 0 Å². The van der Waals surface area contributed by atoms with Crippen molar-refractivity contribution in [2.45, 2.75) is 72.9 Å². The normalized spacial score (nSPS) is 17.0. The van der Waals surface area contributed by atoms with Gasteiger partial charge in [-0.25, -0.2) is 12.2 Å². The minimum Gasteiger partial charge on any atom is -1.00 e. The molecule has 0 aromatic rings. The van der Waals surface area contributed by atoms with Gasteiger partial charge in [-0.2, -0.15) is 23.3 Å². The summed E-state index contributed by atoms with van der Waals surface area (Å²) in [5, 5.41) is 0. The Balaban J connectivity index is -0.000000289. The maximum Gasteiger partial charge on any atom is 4.00 e. The fourth-order valence-electron chi connectivity index (χ4n) is 2.09. The predicted octanol–water partition coefficient (Wildman–Crippen LogP) is -0.155. The van der Waals surface area contributed by atoms with Crippen LogP contribution in [-0.2, 0) is 26.2 Å². The Morgan fingerprint density at radius 2 is 1.04 bits per heavy atom. The number of halogens is 2. The second kappa shape index (κ2) is 14.7. The molecule has 0 aromatic heterocycles. The zero-order valence-electron chi connectivity index (χ0n) is 16.8. The first-order valence-corrected chi connectivity index (χ1v) is 10.8. The van der Waals surface area contributed by atoms with Crippen LogP contribution in [0.3, 0.4) is 0 Å². The van der Waals surface area contributed by atoms with Crippen molar-refractivity contribution in [3.05, 3.63) is 47.6 Å². The molecule has 3 rings (SSSR count). The van der Waals surface area contributed by atoms with Crippen LogP contribution in [0.2, 0.25) is 12.1 Å². The molecule has 1 aliphatic heterocycles. The Bertz CT molecular complexity index is 415. The quantitative estimate of drug-likeness (QED) is 0.337. The van der Waals surface area contributed by atoms with Crippen molar-refractivity contribution in [2.75, 3.05) is 0 Å². The summed E-state index contributed by atoms with van der Waals surface area (Å²) in [4.78, 5) is 0. The van der Waals surface area contributed by atoms with Crippen LogP contribution in [0.15, 0.2) is 35.5 Å². The molecule has 0 aromatic carbocycles. The number of rotatable bonds is 0. The molecule has 0 spiro atoms. The van der Waals surface area contributed by atoms with Crippen molar-refractivity contribution >= 4 is 9.52 Å². The molecule has 0 bridgehead atoms. The Labute approximate surface area is 190 Å². The number of hydrogen-bond donors (Lipinski definition) is 0.